The fourth-order valence-corrected chi connectivity index (χ4v) is 14.8. The first-order valence-corrected chi connectivity index (χ1v) is 27.9. The summed E-state index contributed by atoms with van der Waals surface area (Å²) >= 11 is 3.87. The number of rotatable bonds is 8. The summed E-state index contributed by atoms with van der Waals surface area (Å²) in [5.74, 6) is 0.171. The van der Waals surface area contributed by atoms with Crippen molar-refractivity contribution in [1.29, 1.82) is 0 Å². The topological polar surface area (TPSA) is 6.48 Å². The molecule has 10 aromatic carbocycles. The zero-order chi connectivity index (χ0) is 49.8. The van der Waals surface area contributed by atoms with Crippen LogP contribution in [0.5, 0.6) is 0 Å². The summed E-state index contributed by atoms with van der Waals surface area (Å²) in [5.41, 5.74) is 13.8. The van der Waals surface area contributed by atoms with Crippen molar-refractivity contribution in [2.45, 2.75) is 58.9 Å². The highest BCUT2D eigenvalue weighted by atomic mass is 32.1. The van der Waals surface area contributed by atoms with Gasteiger partial charge in [0.1, 0.15) is 0 Å². The SMILES string of the molecule is Cc1cc(-c2ccccc2)ccc1N(C1=c2sc3ccccc3c2=CCC1)c1cc(N(c2cccc3c2sc2ccccc23)C2C=CC(c3ccccc3)=CC2C)c2ccc3cc(C(C)(C)C)cc4ccc1c2c43. The number of hydrogen-bond donors (Lipinski definition) is 0. The van der Waals surface area contributed by atoms with Crippen LogP contribution < -0.4 is 19.6 Å². The van der Waals surface area contributed by atoms with Crippen LogP contribution in [-0.4, -0.2) is 6.04 Å². The molecule has 2 aromatic heterocycles. The lowest BCUT2D eigenvalue weighted by Gasteiger charge is -2.39. The van der Waals surface area contributed by atoms with Crippen molar-refractivity contribution < 1.29 is 0 Å². The van der Waals surface area contributed by atoms with Gasteiger partial charge in [-0.25, -0.2) is 0 Å². The molecule has 358 valence electrons. The second-order valence-corrected chi connectivity index (χ2v) is 23.7. The van der Waals surface area contributed by atoms with Gasteiger partial charge >= 0.3 is 0 Å². The molecule has 14 rings (SSSR count). The average molecular weight is 989 g/mol. The second-order valence-electron chi connectivity index (χ2n) is 21.6. The van der Waals surface area contributed by atoms with Gasteiger partial charge < -0.3 is 9.80 Å². The van der Waals surface area contributed by atoms with Crippen LogP contribution in [0, 0.1) is 12.8 Å². The molecule has 4 heteroatoms. The van der Waals surface area contributed by atoms with Gasteiger partial charge in [-0.3, -0.25) is 0 Å². The van der Waals surface area contributed by atoms with Gasteiger partial charge in [0.15, 0.2) is 0 Å². The molecular weight excluding hydrogens is 933 g/mol. The number of benzene rings is 10. The average Bonchev–Trinajstić information content (AvgIpc) is 4.07. The van der Waals surface area contributed by atoms with Crippen molar-refractivity contribution in [2.75, 3.05) is 9.80 Å². The van der Waals surface area contributed by atoms with E-state index >= 15 is 0 Å². The number of hydrogen-bond acceptors (Lipinski definition) is 4. The van der Waals surface area contributed by atoms with Crippen LogP contribution >= 0.6 is 22.7 Å². The van der Waals surface area contributed by atoms with Gasteiger partial charge in [-0.2, -0.15) is 0 Å². The highest BCUT2D eigenvalue weighted by Gasteiger charge is 2.33. The van der Waals surface area contributed by atoms with Crippen LogP contribution in [0.15, 0.2) is 206 Å². The van der Waals surface area contributed by atoms with Gasteiger partial charge in [-0.15, -0.1) is 22.7 Å². The summed E-state index contributed by atoms with van der Waals surface area (Å²) in [6, 6.07) is 71.1. The van der Waals surface area contributed by atoms with Gasteiger partial charge in [0.05, 0.1) is 32.3 Å². The third kappa shape index (κ3) is 7.25. The van der Waals surface area contributed by atoms with Crippen LogP contribution in [0.3, 0.4) is 0 Å². The molecule has 74 heavy (non-hydrogen) atoms. The molecule has 2 nitrogen and oxygen atoms in total. The predicted molar refractivity (Wildman–Crippen MR) is 324 cm³/mol. The maximum absolute atomic E-state index is 2.74. The van der Waals surface area contributed by atoms with Gasteiger partial charge in [-0.05, 0) is 122 Å². The largest absolute Gasteiger partial charge is 0.332 e. The number of anilines is 4. The van der Waals surface area contributed by atoms with E-state index in [0.717, 1.165) is 12.8 Å². The zero-order valence-electron chi connectivity index (χ0n) is 42.5. The van der Waals surface area contributed by atoms with Crippen LogP contribution in [0.1, 0.15) is 57.2 Å². The molecule has 2 aliphatic rings. The molecule has 0 aliphatic heterocycles. The number of allylic oxidation sites excluding steroid dienone is 2. The Bertz CT molecular complexity index is 4380. The highest BCUT2D eigenvalue weighted by molar-refractivity contribution is 7.26. The zero-order valence-corrected chi connectivity index (χ0v) is 44.1. The molecule has 2 unspecified atom stereocenters. The number of aryl methyl sites for hydroxylation is 1. The molecule has 0 saturated carbocycles. The van der Waals surface area contributed by atoms with Crippen molar-refractivity contribution in [2.24, 2.45) is 5.92 Å². The van der Waals surface area contributed by atoms with Crippen LogP contribution in [-0.2, 0) is 5.41 Å². The van der Waals surface area contributed by atoms with E-state index in [-0.39, 0.29) is 17.4 Å². The molecule has 0 radical (unpaired) electrons. The fraction of sp³-hybridized carbons (Fsp3) is 0.143. The van der Waals surface area contributed by atoms with Crippen molar-refractivity contribution in [1.82, 2.24) is 0 Å². The van der Waals surface area contributed by atoms with Crippen molar-refractivity contribution in [3.8, 4) is 11.1 Å². The first kappa shape index (κ1) is 44.9. The molecule has 0 spiro atoms. The van der Waals surface area contributed by atoms with Crippen molar-refractivity contribution >= 4 is 125 Å². The number of fused-ring (bicyclic) bond motifs is 6. The van der Waals surface area contributed by atoms with Gasteiger partial charge in [0, 0.05) is 53.1 Å². The molecule has 0 N–H and O–H groups in total. The Labute approximate surface area is 441 Å². The standard InChI is InChI=1S/C70H56N2S2/c1-43-38-47(45-18-8-6-9-19-45)32-36-58(43)71(60-26-16-24-54-52-22-12-14-28-64(52)73-68(54)60)62-42-63(57-35-31-50-41-51(70(3,4)5)40-49-30-34-56(62)67(57)66(49)50)72(59-37-33-48(39-44(59)2)46-20-10-7-11-21-46)61-27-17-25-55-53-23-13-15-29-65(53)74-69(55)61/h6-16,18-26,28-43,58H,17,27H2,1-5H3. The molecule has 0 amide bonds. The minimum absolute atomic E-state index is 0.00330. The van der Waals surface area contributed by atoms with E-state index in [1.807, 2.05) is 22.7 Å². The lowest BCUT2D eigenvalue weighted by molar-refractivity contribution is 0.591. The van der Waals surface area contributed by atoms with Crippen LogP contribution in [0.4, 0.5) is 22.7 Å². The first-order chi connectivity index (χ1) is 36.2. The maximum atomic E-state index is 2.74. The first-order valence-electron chi connectivity index (χ1n) is 26.2. The minimum Gasteiger partial charge on any atom is -0.332 e. The third-order valence-corrected chi connectivity index (χ3v) is 18.4. The lowest BCUT2D eigenvalue weighted by atomic mass is 9.82. The summed E-state index contributed by atoms with van der Waals surface area (Å²) in [6.45, 7) is 11.7. The summed E-state index contributed by atoms with van der Waals surface area (Å²) in [5, 5.41) is 13.1. The van der Waals surface area contributed by atoms with E-state index in [2.05, 4.69) is 257 Å². The summed E-state index contributed by atoms with van der Waals surface area (Å²) in [4.78, 5) is 5.44. The van der Waals surface area contributed by atoms with Gasteiger partial charge in [-0.1, -0.05) is 204 Å². The molecule has 2 aliphatic carbocycles. The Morgan fingerprint density at radius 2 is 1.19 bits per heavy atom. The van der Waals surface area contributed by atoms with E-state index in [0.29, 0.717) is 0 Å². The van der Waals surface area contributed by atoms with Crippen LogP contribution in [0.2, 0.25) is 0 Å². The minimum atomic E-state index is -0.00703. The Balaban J connectivity index is 1.12. The third-order valence-electron chi connectivity index (χ3n) is 16.0. The molecule has 12 aromatic rings. The Hall–Kier alpha value is -7.76. The number of thiophene rings is 2. The van der Waals surface area contributed by atoms with E-state index in [1.54, 1.807) is 0 Å². The van der Waals surface area contributed by atoms with Crippen molar-refractivity contribution in [3.05, 3.63) is 233 Å². The van der Waals surface area contributed by atoms with Crippen LogP contribution in [0.25, 0.3) is 91.0 Å². The highest BCUT2D eigenvalue weighted by Crippen LogP contribution is 2.52. The van der Waals surface area contributed by atoms with E-state index in [1.165, 1.54) is 134 Å². The van der Waals surface area contributed by atoms with Gasteiger partial charge in [0.25, 0.3) is 0 Å². The molecule has 2 atom stereocenters. The maximum Gasteiger partial charge on any atom is 0.0598 e. The van der Waals surface area contributed by atoms with Gasteiger partial charge in [0.2, 0.25) is 0 Å². The summed E-state index contributed by atoms with van der Waals surface area (Å²) < 4.78 is 5.31. The quantitative estimate of drug-likeness (QED) is 0.140. The Kier molecular flexibility index (Phi) is 10.6. The molecule has 0 saturated heterocycles. The van der Waals surface area contributed by atoms with E-state index < -0.39 is 0 Å². The molecule has 2 heterocycles. The number of nitrogens with zero attached hydrogens (tertiary/aromatic N) is 2. The Morgan fingerprint density at radius 1 is 0.527 bits per heavy atom. The second kappa shape index (κ2) is 17.4. The molecule has 0 bridgehead atoms. The molecule has 0 fully saturated rings. The molecular formula is C70H56N2S2. The predicted octanol–water partition coefficient (Wildman–Crippen LogP) is 18.8. The summed E-state index contributed by atoms with van der Waals surface area (Å²) in [7, 11) is 0. The summed E-state index contributed by atoms with van der Waals surface area (Å²) in [6.07, 6.45) is 11.8. The normalized spacial score (nSPS) is 15.9. The van der Waals surface area contributed by atoms with E-state index in [4.69, 9.17) is 0 Å². The van der Waals surface area contributed by atoms with E-state index in [9.17, 15) is 0 Å². The van der Waals surface area contributed by atoms with Crippen molar-refractivity contribution in [3.63, 3.8) is 0 Å². The Morgan fingerprint density at radius 3 is 1.91 bits per heavy atom. The fourth-order valence-electron chi connectivity index (χ4n) is 12.3. The lowest BCUT2D eigenvalue weighted by Crippen LogP contribution is -2.36. The smallest absolute Gasteiger partial charge is 0.0598 e. The monoisotopic (exact) mass is 988 g/mol.